The average molecular weight is 117 g/mol. The molecule has 8 heavy (non-hydrogen) atoms. The first-order valence-corrected chi connectivity index (χ1v) is 2.57. The van der Waals surface area contributed by atoms with Crippen molar-refractivity contribution >= 4 is 5.91 Å². The molecule has 1 aliphatic rings. The molecule has 0 radical (unpaired) electrons. The van der Waals surface area contributed by atoms with Crippen molar-refractivity contribution < 1.29 is 9.18 Å². The summed E-state index contributed by atoms with van der Waals surface area (Å²) >= 11 is 0. The molecule has 0 bridgehead atoms. The smallest absolute Gasteiger partial charge is 0.226 e. The van der Waals surface area contributed by atoms with Gasteiger partial charge in [0, 0.05) is 0 Å². The van der Waals surface area contributed by atoms with E-state index in [0.717, 1.165) is 0 Å². The van der Waals surface area contributed by atoms with E-state index >= 15 is 0 Å². The maximum Gasteiger partial charge on any atom is 0.226 e. The molecular formula is C5H8FNO. The first-order valence-electron chi connectivity index (χ1n) is 2.57. The quantitative estimate of drug-likeness (QED) is 0.552. The van der Waals surface area contributed by atoms with Crippen molar-refractivity contribution in [1.29, 1.82) is 0 Å². The maximum absolute atomic E-state index is 11.8. The highest BCUT2D eigenvalue weighted by molar-refractivity contribution is 5.83. The molecule has 0 aromatic carbocycles. The maximum atomic E-state index is 11.8. The minimum absolute atomic E-state index is 0.486. The number of amides is 1. The highest BCUT2D eigenvalue weighted by Gasteiger charge is 2.48. The summed E-state index contributed by atoms with van der Waals surface area (Å²) < 4.78 is 11.8. The summed E-state index contributed by atoms with van der Waals surface area (Å²) in [7, 11) is 0. The number of hydrogen-bond acceptors (Lipinski definition) is 1. The second kappa shape index (κ2) is 1.44. The molecule has 1 rings (SSSR count). The Bertz CT molecular complexity index is 120. The van der Waals surface area contributed by atoms with Crippen molar-refractivity contribution in [2.75, 3.05) is 6.67 Å². The lowest BCUT2D eigenvalue weighted by Gasteiger charge is -2.00. The van der Waals surface area contributed by atoms with Crippen molar-refractivity contribution in [3.05, 3.63) is 0 Å². The van der Waals surface area contributed by atoms with Crippen LogP contribution in [0.3, 0.4) is 0 Å². The average Bonchev–Trinajstić information content (AvgIpc) is 2.44. The van der Waals surface area contributed by atoms with Gasteiger partial charge in [-0.05, 0) is 12.8 Å². The molecular weight excluding hydrogens is 109 g/mol. The highest BCUT2D eigenvalue weighted by atomic mass is 19.1. The van der Waals surface area contributed by atoms with Crippen LogP contribution in [0.5, 0.6) is 0 Å². The summed E-state index contributed by atoms with van der Waals surface area (Å²) in [5, 5.41) is 0. The topological polar surface area (TPSA) is 43.1 Å². The normalized spacial score (nSPS) is 22.6. The molecule has 1 amide bonds. The number of alkyl halides is 1. The largest absolute Gasteiger partial charge is 0.369 e. The van der Waals surface area contributed by atoms with Crippen LogP contribution in [-0.2, 0) is 4.79 Å². The number of carbonyl (C=O) groups is 1. The van der Waals surface area contributed by atoms with Gasteiger partial charge in [0.2, 0.25) is 5.91 Å². The second-order valence-electron chi connectivity index (χ2n) is 2.28. The van der Waals surface area contributed by atoms with Crippen LogP contribution in [-0.4, -0.2) is 12.6 Å². The molecule has 1 fully saturated rings. The fourth-order valence-electron chi connectivity index (χ4n) is 0.597. The van der Waals surface area contributed by atoms with Gasteiger partial charge in [0.05, 0.1) is 5.41 Å². The predicted molar refractivity (Wildman–Crippen MR) is 26.8 cm³/mol. The Morgan fingerprint density at radius 2 is 2.25 bits per heavy atom. The molecule has 2 N–H and O–H groups in total. The van der Waals surface area contributed by atoms with Crippen LogP contribution in [0.1, 0.15) is 12.8 Å². The van der Waals surface area contributed by atoms with E-state index in [4.69, 9.17) is 5.73 Å². The Morgan fingerprint density at radius 3 is 2.25 bits per heavy atom. The Morgan fingerprint density at radius 1 is 1.75 bits per heavy atom. The fourth-order valence-corrected chi connectivity index (χ4v) is 0.597. The number of halogens is 1. The zero-order chi connectivity index (χ0) is 6.20. The summed E-state index contributed by atoms with van der Waals surface area (Å²) in [6.45, 7) is -0.581. The van der Waals surface area contributed by atoms with Crippen LogP contribution in [0, 0.1) is 5.41 Å². The molecule has 0 aromatic heterocycles. The van der Waals surface area contributed by atoms with Gasteiger partial charge in [-0.1, -0.05) is 0 Å². The zero-order valence-corrected chi connectivity index (χ0v) is 4.48. The Balaban J connectivity index is 2.53. The number of nitrogens with two attached hydrogens (primary N) is 1. The number of rotatable bonds is 2. The van der Waals surface area contributed by atoms with Crippen LogP contribution in [0.25, 0.3) is 0 Å². The molecule has 1 aliphatic carbocycles. The van der Waals surface area contributed by atoms with Gasteiger partial charge in [-0.15, -0.1) is 0 Å². The van der Waals surface area contributed by atoms with Crippen molar-refractivity contribution in [2.24, 2.45) is 11.1 Å². The van der Waals surface area contributed by atoms with Crippen molar-refractivity contribution in [3.8, 4) is 0 Å². The van der Waals surface area contributed by atoms with Crippen LogP contribution >= 0.6 is 0 Å². The third-order valence-corrected chi connectivity index (χ3v) is 1.63. The molecule has 0 unspecified atom stereocenters. The van der Waals surface area contributed by atoms with Gasteiger partial charge in [0.15, 0.2) is 0 Å². The first kappa shape index (κ1) is 5.54. The molecule has 2 nitrogen and oxygen atoms in total. The third-order valence-electron chi connectivity index (χ3n) is 1.63. The lowest BCUT2D eigenvalue weighted by Crippen LogP contribution is -2.26. The van der Waals surface area contributed by atoms with E-state index in [1.54, 1.807) is 0 Å². The van der Waals surface area contributed by atoms with E-state index in [2.05, 4.69) is 0 Å². The Labute approximate surface area is 46.9 Å². The Kier molecular flexibility index (Phi) is 0.994. The molecule has 0 heterocycles. The fraction of sp³-hybridized carbons (Fsp3) is 0.800. The van der Waals surface area contributed by atoms with E-state index in [9.17, 15) is 9.18 Å². The van der Waals surface area contributed by atoms with Crippen LogP contribution < -0.4 is 5.73 Å². The Hall–Kier alpha value is -0.600. The third kappa shape index (κ3) is 0.582. The van der Waals surface area contributed by atoms with E-state index in [0.29, 0.717) is 12.8 Å². The number of primary amides is 1. The van der Waals surface area contributed by atoms with Crippen molar-refractivity contribution in [1.82, 2.24) is 0 Å². The van der Waals surface area contributed by atoms with E-state index in [1.807, 2.05) is 0 Å². The highest BCUT2D eigenvalue weighted by Crippen LogP contribution is 2.45. The molecule has 3 heteroatoms. The first-order chi connectivity index (χ1) is 3.71. The lowest BCUT2D eigenvalue weighted by molar-refractivity contribution is -0.123. The summed E-state index contributed by atoms with van der Waals surface area (Å²) in [5.74, 6) is -0.486. The van der Waals surface area contributed by atoms with Crippen LogP contribution in [0.15, 0.2) is 0 Å². The molecule has 0 aliphatic heterocycles. The number of carbonyl (C=O) groups excluding carboxylic acids is 1. The predicted octanol–water partition coefficient (Wildman–Crippen LogP) is 0.221. The molecule has 1 saturated carbocycles. The van der Waals surface area contributed by atoms with E-state index < -0.39 is 18.0 Å². The molecule has 46 valence electrons. The van der Waals surface area contributed by atoms with Crippen molar-refractivity contribution in [3.63, 3.8) is 0 Å². The van der Waals surface area contributed by atoms with Crippen molar-refractivity contribution in [2.45, 2.75) is 12.8 Å². The lowest BCUT2D eigenvalue weighted by atomic mass is 10.1. The molecule has 0 spiro atoms. The van der Waals surface area contributed by atoms with Gasteiger partial charge in [-0.25, -0.2) is 4.39 Å². The molecule has 0 atom stereocenters. The van der Waals surface area contributed by atoms with E-state index in [1.165, 1.54) is 0 Å². The van der Waals surface area contributed by atoms with Gasteiger partial charge in [0.25, 0.3) is 0 Å². The second-order valence-corrected chi connectivity index (χ2v) is 2.28. The number of hydrogen-bond donors (Lipinski definition) is 1. The van der Waals surface area contributed by atoms with Gasteiger partial charge >= 0.3 is 0 Å². The molecule has 0 aromatic rings. The summed E-state index contributed by atoms with van der Waals surface area (Å²) in [5.41, 5.74) is 4.13. The van der Waals surface area contributed by atoms with Crippen LogP contribution in [0.2, 0.25) is 0 Å². The molecule has 0 saturated heterocycles. The van der Waals surface area contributed by atoms with Gasteiger partial charge < -0.3 is 5.73 Å². The van der Waals surface area contributed by atoms with E-state index in [-0.39, 0.29) is 0 Å². The minimum Gasteiger partial charge on any atom is -0.369 e. The summed E-state index contributed by atoms with van der Waals surface area (Å²) in [4.78, 5) is 10.3. The van der Waals surface area contributed by atoms with Gasteiger partial charge in [-0.2, -0.15) is 0 Å². The summed E-state index contributed by atoms with van der Waals surface area (Å²) in [6.07, 6.45) is 1.28. The SMILES string of the molecule is NC(=O)C1(CF)CC1. The zero-order valence-electron chi connectivity index (χ0n) is 4.48. The van der Waals surface area contributed by atoms with Crippen LogP contribution in [0.4, 0.5) is 4.39 Å². The monoisotopic (exact) mass is 117 g/mol. The standard InChI is InChI=1S/C5H8FNO/c6-3-5(1-2-5)4(7)8/h1-3H2,(H2,7,8). The summed E-state index contributed by atoms with van der Waals surface area (Å²) in [6, 6.07) is 0. The van der Waals surface area contributed by atoms with Gasteiger partial charge in [0.1, 0.15) is 6.67 Å². The van der Waals surface area contributed by atoms with Gasteiger partial charge in [-0.3, -0.25) is 4.79 Å². The minimum atomic E-state index is -0.736.